The zero-order chi connectivity index (χ0) is 13.8. The molecule has 2 unspecified atom stereocenters. The standard InChI is InChI=1S/C14H23N3O2S/c1-2-4-14(5-3-6-15-10-14)13-16-12(17-19-13)11-9-20-8-7-18-11/h11,15H,2-10H2,1H3. The summed E-state index contributed by atoms with van der Waals surface area (Å²) in [6.45, 7) is 5.03. The van der Waals surface area contributed by atoms with Gasteiger partial charge in [0.05, 0.1) is 12.0 Å². The molecule has 2 aliphatic heterocycles. The van der Waals surface area contributed by atoms with Crippen molar-refractivity contribution in [2.24, 2.45) is 0 Å². The van der Waals surface area contributed by atoms with Gasteiger partial charge in [-0.25, -0.2) is 0 Å². The molecular weight excluding hydrogens is 274 g/mol. The molecule has 2 aliphatic rings. The Kier molecular flexibility index (Phi) is 4.63. The molecule has 0 spiro atoms. The zero-order valence-corrected chi connectivity index (χ0v) is 12.9. The zero-order valence-electron chi connectivity index (χ0n) is 12.1. The lowest BCUT2D eigenvalue weighted by Gasteiger charge is -2.34. The van der Waals surface area contributed by atoms with Gasteiger partial charge in [0.1, 0.15) is 6.10 Å². The van der Waals surface area contributed by atoms with Gasteiger partial charge in [-0.15, -0.1) is 0 Å². The van der Waals surface area contributed by atoms with E-state index in [1.165, 1.54) is 6.42 Å². The first-order valence-electron chi connectivity index (χ1n) is 7.58. The second kappa shape index (κ2) is 6.45. The number of rotatable bonds is 4. The van der Waals surface area contributed by atoms with Crippen LogP contribution in [0.15, 0.2) is 4.52 Å². The van der Waals surface area contributed by atoms with Gasteiger partial charge in [-0.1, -0.05) is 18.5 Å². The fourth-order valence-electron chi connectivity index (χ4n) is 3.17. The normalized spacial score (nSPS) is 31.4. The third-order valence-corrected chi connectivity index (χ3v) is 5.19. The highest BCUT2D eigenvalue weighted by atomic mass is 32.2. The number of nitrogens with one attached hydrogen (secondary N) is 1. The minimum Gasteiger partial charge on any atom is -0.368 e. The Morgan fingerprint density at radius 1 is 1.50 bits per heavy atom. The molecule has 2 saturated heterocycles. The van der Waals surface area contributed by atoms with Crippen molar-refractivity contribution in [3.8, 4) is 0 Å². The molecule has 0 aliphatic carbocycles. The van der Waals surface area contributed by atoms with E-state index in [-0.39, 0.29) is 11.5 Å². The van der Waals surface area contributed by atoms with Crippen LogP contribution in [0.3, 0.4) is 0 Å². The highest BCUT2D eigenvalue weighted by Gasteiger charge is 2.39. The van der Waals surface area contributed by atoms with Crippen molar-refractivity contribution in [3.05, 3.63) is 11.7 Å². The highest BCUT2D eigenvalue weighted by Crippen LogP contribution is 2.35. The monoisotopic (exact) mass is 297 g/mol. The van der Waals surface area contributed by atoms with Crippen LogP contribution in [0.4, 0.5) is 0 Å². The molecule has 3 heterocycles. The number of hydrogen-bond acceptors (Lipinski definition) is 6. The minimum atomic E-state index is 0.00137. The first-order valence-corrected chi connectivity index (χ1v) is 8.74. The highest BCUT2D eigenvalue weighted by molar-refractivity contribution is 7.99. The van der Waals surface area contributed by atoms with Gasteiger partial charge in [-0.2, -0.15) is 16.7 Å². The molecular formula is C14H23N3O2S. The van der Waals surface area contributed by atoms with Gasteiger partial charge in [-0.05, 0) is 25.8 Å². The number of piperidine rings is 1. The molecule has 20 heavy (non-hydrogen) atoms. The van der Waals surface area contributed by atoms with Crippen molar-refractivity contribution in [1.29, 1.82) is 0 Å². The maximum Gasteiger partial charge on any atom is 0.234 e. The predicted molar refractivity (Wildman–Crippen MR) is 79.0 cm³/mol. The van der Waals surface area contributed by atoms with Crippen molar-refractivity contribution in [2.45, 2.75) is 44.1 Å². The number of ether oxygens (including phenoxy) is 1. The maximum atomic E-state index is 5.74. The summed E-state index contributed by atoms with van der Waals surface area (Å²) in [5, 5.41) is 7.67. The predicted octanol–water partition coefficient (Wildman–Crippen LogP) is 2.30. The van der Waals surface area contributed by atoms with Crippen LogP contribution in [0.5, 0.6) is 0 Å². The average molecular weight is 297 g/mol. The van der Waals surface area contributed by atoms with Crippen LogP contribution in [-0.2, 0) is 10.2 Å². The van der Waals surface area contributed by atoms with Crippen LogP contribution < -0.4 is 5.32 Å². The smallest absolute Gasteiger partial charge is 0.234 e. The first kappa shape index (κ1) is 14.4. The van der Waals surface area contributed by atoms with Gasteiger partial charge < -0.3 is 14.6 Å². The Labute approximate surface area is 124 Å². The number of hydrogen-bond donors (Lipinski definition) is 1. The van der Waals surface area contributed by atoms with E-state index in [1.807, 2.05) is 11.8 Å². The van der Waals surface area contributed by atoms with Crippen molar-refractivity contribution < 1.29 is 9.26 Å². The summed E-state index contributed by atoms with van der Waals surface area (Å²) >= 11 is 1.89. The Bertz CT molecular complexity index is 420. The quantitative estimate of drug-likeness (QED) is 0.920. The van der Waals surface area contributed by atoms with E-state index in [4.69, 9.17) is 14.2 Å². The van der Waals surface area contributed by atoms with Crippen LogP contribution >= 0.6 is 11.8 Å². The number of nitrogens with zero attached hydrogens (tertiary/aromatic N) is 2. The molecule has 5 nitrogen and oxygen atoms in total. The van der Waals surface area contributed by atoms with Gasteiger partial charge in [0, 0.05) is 18.1 Å². The third-order valence-electron chi connectivity index (χ3n) is 4.20. The second-order valence-corrected chi connectivity index (χ2v) is 6.85. The summed E-state index contributed by atoms with van der Waals surface area (Å²) in [5.74, 6) is 3.53. The third kappa shape index (κ3) is 2.87. The molecule has 0 saturated carbocycles. The summed E-state index contributed by atoms with van der Waals surface area (Å²) in [5.41, 5.74) is 0.0278. The van der Waals surface area contributed by atoms with E-state index in [2.05, 4.69) is 17.4 Å². The fourth-order valence-corrected chi connectivity index (χ4v) is 4.01. The molecule has 6 heteroatoms. The largest absolute Gasteiger partial charge is 0.368 e. The topological polar surface area (TPSA) is 60.2 Å². The van der Waals surface area contributed by atoms with Crippen molar-refractivity contribution in [3.63, 3.8) is 0 Å². The summed E-state index contributed by atoms with van der Waals surface area (Å²) in [7, 11) is 0. The van der Waals surface area contributed by atoms with Crippen LogP contribution in [0.25, 0.3) is 0 Å². The Hall–Kier alpha value is -0.590. The van der Waals surface area contributed by atoms with Crippen molar-refractivity contribution >= 4 is 11.8 Å². The van der Waals surface area contributed by atoms with Gasteiger partial charge in [0.15, 0.2) is 0 Å². The first-order chi connectivity index (χ1) is 9.84. The lowest BCUT2D eigenvalue weighted by Crippen LogP contribution is -2.43. The van der Waals surface area contributed by atoms with E-state index in [0.29, 0.717) is 0 Å². The van der Waals surface area contributed by atoms with Crippen LogP contribution in [0.1, 0.15) is 50.4 Å². The number of thioether (sulfide) groups is 1. The van der Waals surface area contributed by atoms with Crippen LogP contribution in [-0.4, -0.2) is 41.3 Å². The summed E-state index contributed by atoms with van der Waals surface area (Å²) in [4.78, 5) is 4.69. The molecule has 0 aromatic carbocycles. The molecule has 2 fully saturated rings. The van der Waals surface area contributed by atoms with Crippen molar-refractivity contribution in [2.75, 3.05) is 31.2 Å². The molecule has 2 atom stereocenters. The Morgan fingerprint density at radius 2 is 2.45 bits per heavy atom. The van der Waals surface area contributed by atoms with E-state index in [9.17, 15) is 0 Å². The molecule has 1 N–H and O–H groups in total. The van der Waals surface area contributed by atoms with Gasteiger partial charge in [0.2, 0.25) is 11.7 Å². The molecule has 1 aromatic rings. The van der Waals surface area contributed by atoms with E-state index >= 15 is 0 Å². The SMILES string of the molecule is CCCC1(c2nc(C3CSCCO3)no2)CCCNC1. The van der Waals surface area contributed by atoms with Crippen LogP contribution in [0, 0.1) is 0 Å². The summed E-state index contributed by atoms with van der Waals surface area (Å²) in [6, 6.07) is 0. The maximum absolute atomic E-state index is 5.74. The molecule has 0 radical (unpaired) electrons. The molecule has 0 bridgehead atoms. The van der Waals surface area contributed by atoms with E-state index in [0.717, 1.165) is 62.2 Å². The Balaban J connectivity index is 1.79. The lowest BCUT2D eigenvalue weighted by atomic mass is 9.77. The molecule has 0 amide bonds. The van der Waals surface area contributed by atoms with Gasteiger partial charge >= 0.3 is 0 Å². The summed E-state index contributed by atoms with van der Waals surface area (Å²) < 4.78 is 11.4. The van der Waals surface area contributed by atoms with E-state index < -0.39 is 0 Å². The van der Waals surface area contributed by atoms with Gasteiger partial charge in [0.25, 0.3) is 0 Å². The molecule has 3 rings (SSSR count). The number of aromatic nitrogens is 2. The van der Waals surface area contributed by atoms with Gasteiger partial charge in [-0.3, -0.25) is 0 Å². The van der Waals surface area contributed by atoms with E-state index in [1.54, 1.807) is 0 Å². The second-order valence-electron chi connectivity index (χ2n) is 5.70. The molecule has 112 valence electrons. The van der Waals surface area contributed by atoms with Crippen molar-refractivity contribution in [1.82, 2.24) is 15.5 Å². The minimum absolute atomic E-state index is 0.00137. The molecule has 1 aromatic heterocycles. The summed E-state index contributed by atoms with van der Waals surface area (Å²) in [6.07, 6.45) is 4.54. The fraction of sp³-hybridized carbons (Fsp3) is 0.857. The average Bonchev–Trinajstić information content (AvgIpc) is 3.00. The lowest BCUT2D eigenvalue weighted by molar-refractivity contribution is 0.0677. The van der Waals surface area contributed by atoms with Crippen LogP contribution in [0.2, 0.25) is 0 Å². The Morgan fingerprint density at radius 3 is 3.15 bits per heavy atom.